The Kier molecular flexibility index (Phi) is 7.11. The van der Waals surface area contributed by atoms with E-state index in [1.54, 1.807) is 0 Å². The van der Waals surface area contributed by atoms with Crippen molar-refractivity contribution in [3.05, 3.63) is 200 Å². The lowest BCUT2D eigenvalue weighted by Gasteiger charge is -2.29. The molecule has 0 N–H and O–H groups in total. The van der Waals surface area contributed by atoms with Gasteiger partial charge in [0.05, 0.1) is 11.4 Å². The monoisotopic (exact) mass is 703 g/mol. The zero-order chi connectivity index (χ0) is 35.6. The van der Waals surface area contributed by atoms with Gasteiger partial charge in [-0.2, -0.15) is 0 Å². The van der Waals surface area contributed by atoms with Crippen molar-refractivity contribution in [1.29, 1.82) is 0 Å². The van der Waals surface area contributed by atoms with E-state index in [-0.39, 0.29) is 0 Å². The Morgan fingerprint density at radius 3 is 1.63 bits per heavy atom. The van der Waals surface area contributed by atoms with Gasteiger partial charge in [0.2, 0.25) is 0 Å². The van der Waals surface area contributed by atoms with Crippen molar-refractivity contribution in [2.45, 2.75) is 0 Å². The number of hydrogen-bond acceptors (Lipinski definition) is 2. The van der Waals surface area contributed by atoms with Gasteiger partial charge in [-0.1, -0.05) is 158 Å². The first kappa shape index (κ1) is 30.8. The van der Waals surface area contributed by atoms with E-state index in [4.69, 9.17) is 0 Å². The van der Waals surface area contributed by atoms with Gasteiger partial charge in [0.25, 0.3) is 0 Å². The van der Waals surface area contributed by atoms with E-state index in [0.717, 1.165) is 11.4 Å². The van der Waals surface area contributed by atoms with Gasteiger partial charge in [0, 0.05) is 31.4 Å². The number of nitrogens with zero attached hydrogens (tertiary/aromatic N) is 1. The SMILES string of the molecule is c1cc(-c2ccccc2N(c2ccc3c4ccccc4c4ccccc4c3c2)c2cccc3sc4ccccc4c23)cc(-c2cccc3ccccc23)c1. The highest BCUT2D eigenvalue weighted by molar-refractivity contribution is 7.26. The molecule has 0 unspecified atom stereocenters. The van der Waals surface area contributed by atoms with Gasteiger partial charge in [0.1, 0.15) is 0 Å². The summed E-state index contributed by atoms with van der Waals surface area (Å²) in [4.78, 5) is 2.50. The molecule has 0 aliphatic rings. The Balaban J connectivity index is 1.19. The van der Waals surface area contributed by atoms with Crippen LogP contribution in [0.3, 0.4) is 0 Å². The fourth-order valence-electron chi connectivity index (χ4n) is 8.63. The molecule has 11 rings (SSSR count). The summed E-state index contributed by atoms with van der Waals surface area (Å²) in [5.74, 6) is 0. The predicted octanol–water partition coefficient (Wildman–Crippen LogP) is 15.5. The molecule has 1 nitrogen and oxygen atoms in total. The van der Waals surface area contributed by atoms with Gasteiger partial charge >= 0.3 is 0 Å². The number of anilines is 3. The Morgan fingerprint density at radius 2 is 0.833 bits per heavy atom. The van der Waals surface area contributed by atoms with Gasteiger partial charge in [-0.15, -0.1) is 11.3 Å². The Labute approximate surface area is 317 Å². The third-order valence-electron chi connectivity index (χ3n) is 11.0. The van der Waals surface area contributed by atoms with E-state index in [1.165, 1.54) is 91.2 Å². The van der Waals surface area contributed by atoms with Gasteiger partial charge in [-0.3, -0.25) is 0 Å². The van der Waals surface area contributed by atoms with Crippen molar-refractivity contribution in [3.8, 4) is 22.3 Å². The van der Waals surface area contributed by atoms with Crippen LogP contribution in [0.2, 0.25) is 0 Å². The number of thiophene rings is 1. The van der Waals surface area contributed by atoms with Crippen LogP contribution in [0.1, 0.15) is 0 Å². The van der Waals surface area contributed by atoms with Crippen LogP contribution in [0, 0.1) is 0 Å². The number of para-hydroxylation sites is 1. The number of hydrogen-bond donors (Lipinski definition) is 0. The van der Waals surface area contributed by atoms with Crippen LogP contribution in [0.15, 0.2) is 200 Å². The summed E-state index contributed by atoms with van der Waals surface area (Å²) in [6, 6.07) is 73.6. The second-order valence-electron chi connectivity index (χ2n) is 14.0. The highest BCUT2D eigenvalue weighted by atomic mass is 32.1. The molecule has 252 valence electrons. The molecule has 0 amide bonds. The van der Waals surface area contributed by atoms with Crippen LogP contribution in [0.5, 0.6) is 0 Å². The van der Waals surface area contributed by atoms with Crippen LogP contribution >= 0.6 is 11.3 Å². The highest BCUT2D eigenvalue weighted by Gasteiger charge is 2.22. The lowest BCUT2D eigenvalue weighted by atomic mass is 9.93. The minimum Gasteiger partial charge on any atom is -0.309 e. The molecule has 1 aromatic heterocycles. The summed E-state index contributed by atoms with van der Waals surface area (Å²) < 4.78 is 2.58. The molecule has 0 spiro atoms. The molecule has 1 heterocycles. The predicted molar refractivity (Wildman–Crippen MR) is 235 cm³/mol. The van der Waals surface area contributed by atoms with Crippen molar-refractivity contribution in [1.82, 2.24) is 0 Å². The molecular weight excluding hydrogens is 671 g/mol. The quantitative estimate of drug-likeness (QED) is 0.161. The largest absolute Gasteiger partial charge is 0.309 e. The van der Waals surface area contributed by atoms with Crippen LogP contribution in [0.25, 0.3) is 85.5 Å². The lowest BCUT2D eigenvalue weighted by Crippen LogP contribution is -2.11. The first-order chi connectivity index (χ1) is 26.8. The van der Waals surface area contributed by atoms with Crippen molar-refractivity contribution in [3.63, 3.8) is 0 Å². The molecular formula is C52H33NS. The fraction of sp³-hybridized carbons (Fsp3) is 0. The number of fused-ring (bicyclic) bond motifs is 10. The first-order valence-electron chi connectivity index (χ1n) is 18.5. The van der Waals surface area contributed by atoms with Gasteiger partial charge in [0.15, 0.2) is 0 Å². The highest BCUT2D eigenvalue weighted by Crippen LogP contribution is 2.48. The minimum atomic E-state index is 1.13. The van der Waals surface area contributed by atoms with Gasteiger partial charge < -0.3 is 4.90 Å². The second kappa shape index (κ2) is 12.4. The molecule has 0 aliphatic heterocycles. The molecule has 54 heavy (non-hydrogen) atoms. The molecule has 0 saturated heterocycles. The van der Waals surface area contributed by atoms with Crippen molar-refractivity contribution >= 4 is 91.7 Å². The zero-order valence-electron chi connectivity index (χ0n) is 29.4. The van der Waals surface area contributed by atoms with Crippen LogP contribution < -0.4 is 4.90 Å². The Morgan fingerprint density at radius 1 is 0.315 bits per heavy atom. The average Bonchev–Trinajstić information content (AvgIpc) is 3.63. The second-order valence-corrected chi connectivity index (χ2v) is 15.1. The third-order valence-corrected chi connectivity index (χ3v) is 12.2. The third kappa shape index (κ3) is 4.85. The topological polar surface area (TPSA) is 3.24 Å². The fourth-order valence-corrected chi connectivity index (χ4v) is 9.76. The summed E-state index contributed by atoms with van der Waals surface area (Å²) in [5.41, 5.74) is 8.25. The molecule has 0 aliphatic carbocycles. The molecule has 11 aromatic rings. The van der Waals surface area contributed by atoms with E-state index in [1.807, 2.05) is 11.3 Å². The Bertz CT molecular complexity index is 3200. The maximum atomic E-state index is 2.50. The summed E-state index contributed by atoms with van der Waals surface area (Å²) in [5, 5.41) is 12.7. The van der Waals surface area contributed by atoms with Crippen LogP contribution in [-0.2, 0) is 0 Å². The minimum absolute atomic E-state index is 1.13. The van der Waals surface area contributed by atoms with Crippen molar-refractivity contribution in [2.75, 3.05) is 4.90 Å². The molecule has 10 aromatic carbocycles. The maximum Gasteiger partial charge on any atom is 0.0555 e. The van der Waals surface area contributed by atoms with E-state index < -0.39 is 0 Å². The standard InChI is InChI=1S/C52H33NS/c1-2-18-38-34(14-1)15-12-25-39(38)35-16-11-17-36(32-35)40-19-7-9-26-48(40)53(49-27-13-29-51-52(49)46-24-8-10-28-50(46)54-51)37-30-31-45-43-22-4-3-20-41(43)42-21-5-6-23-44(42)47(45)33-37/h1-33H. The average molecular weight is 704 g/mol. The molecule has 0 bridgehead atoms. The van der Waals surface area contributed by atoms with Gasteiger partial charge in [-0.25, -0.2) is 0 Å². The van der Waals surface area contributed by atoms with Crippen molar-refractivity contribution < 1.29 is 0 Å². The molecule has 0 radical (unpaired) electrons. The maximum absolute atomic E-state index is 2.50. The van der Waals surface area contributed by atoms with E-state index >= 15 is 0 Å². The Hall–Kier alpha value is -6.74. The summed E-state index contributed by atoms with van der Waals surface area (Å²) in [6.45, 7) is 0. The van der Waals surface area contributed by atoms with Crippen molar-refractivity contribution in [2.24, 2.45) is 0 Å². The van der Waals surface area contributed by atoms with Gasteiger partial charge in [-0.05, 0) is 102 Å². The normalized spacial score (nSPS) is 11.7. The molecule has 0 saturated carbocycles. The lowest BCUT2D eigenvalue weighted by molar-refractivity contribution is 1.31. The molecule has 2 heteroatoms. The molecule has 0 atom stereocenters. The smallest absolute Gasteiger partial charge is 0.0555 e. The number of benzene rings is 10. The first-order valence-corrected chi connectivity index (χ1v) is 19.3. The summed E-state index contributed by atoms with van der Waals surface area (Å²) >= 11 is 1.86. The van der Waals surface area contributed by atoms with E-state index in [9.17, 15) is 0 Å². The zero-order valence-corrected chi connectivity index (χ0v) is 30.2. The van der Waals surface area contributed by atoms with Crippen LogP contribution in [-0.4, -0.2) is 0 Å². The summed E-state index contributed by atoms with van der Waals surface area (Å²) in [6.07, 6.45) is 0. The van der Waals surface area contributed by atoms with Crippen LogP contribution in [0.4, 0.5) is 17.1 Å². The number of rotatable bonds is 5. The van der Waals surface area contributed by atoms with E-state index in [0.29, 0.717) is 0 Å². The summed E-state index contributed by atoms with van der Waals surface area (Å²) in [7, 11) is 0. The van der Waals surface area contributed by atoms with E-state index in [2.05, 4.69) is 205 Å². The molecule has 0 fully saturated rings.